The molecule has 62 heavy (non-hydrogen) atoms. The predicted octanol–water partition coefficient (Wildman–Crippen LogP) is 18.3. The number of amides is 1. The number of aliphatic hydroxyl groups excluding tert-OH is 2. The Morgan fingerprint density at radius 3 is 0.984 bits per heavy atom. The third kappa shape index (κ3) is 49.4. The predicted molar refractivity (Wildman–Crippen MR) is 276 cm³/mol. The lowest BCUT2D eigenvalue weighted by atomic mass is 10.0. The smallest absolute Gasteiger partial charge is 0.220 e. The van der Waals surface area contributed by atoms with Gasteiger partial charge in [-0.15, -0.1) is 0 Å². The van der Waals surface area contributed by atoms with Gasteiger partial charge in [0.2, 0.25) is 5.91 Å². The molecule has 0 aliphatic carbocycles. The maximum absolute atomic E-state index is 12.4. The van der Waals surface area contributed by atoms with Gasteiger partial charge in [0.25, 0.3) is 0 Å². The Morgan fingerprint density at radius 2 is 0.661 bits per heavy atom. The van der Waals surface area contributed by atoms with E-state index < -0.39 is 12.1 Å². The summed E-state index contributed by atoms with van der Waals surface area (Å²) in [6, 6.07) is -0.618. The van der Waals surface area contributed by atoms with E-state index in [1.54, 1.807) is 6.08 Å². The van der Waals surface area contributed by atoms with E-state index >= 15 is 0 Å². The Morgan fingerprint density at radius 1 is 0.387 bits per heavy atom. The van der Waals surface area contributed by atoms with Crippen LogP contribution < -0.4 is 5.32 Å². The fourth-order valence-corrected chi connectivity index (χ4v) is 8.54. The molecular formula is C58H109NO3. The minimum Gasteiger partial charge on any atom is -0.394 e. The monoisotopic (exact) mass is 868 g/mol. The van der Waals surface area contributed by atoms with Gasteiger partial charge in [0, 0.05) is 6.42 Å². The molecule has 0 aromatic carbocycles. The molecule has 4 heteroatoms. The Bertz CT molecular complexity index is 985. The van der Waals surface area contributed by atoms with Crippen LogP contribution in [0.3, 0.4) is 0 Å². The van der Waals surface area contributed by atoms with E-state index in [0.717, 1.165) is 38.5 Å². The van der Waals surface area contributed by atoms with Gasteiger partial charge in [0.15, 0.2) is 0 Å². The molecule has 4 nitrogen and oxygen atoms in total. The van der Waals surface area contributed by atoms with E-state index in [2.05, 4.69) is 55.6 Å². The maximum atomic E-state index is 12.4. The molecule has 0 aromatic heterocycles. The van der Waals surface area contributed by atoms with Crippen LogP contribution in [-0.2, 0) is 4.79 Å². The molecule has 3 N–H and O–H groups in total. The standard InChI is InChI=1S/C58H109NO3/c1-3-5-7-9-11-13-14-15-16-17-18-19-20-21-22-23-24-25-26-27-28-29-30-31-32-33-34-35-36-37-38-39-40-41-42-43-44-46-48-50-52-54-58(62)59-56(55-60)57(61)53-51-49-47-45-12-10-8-6-4-2/h14-15,17-18,20-21,51,53,56-57,60-61H,3-13,16,19,22-50,52,54-55H2,1-2H3,(H,59,62)/b15-14-,18-17-,21-20-,53-51+. The van der Waals surface area contributed by atoms with Gasteiger partial charge in [-0.05, 0) is 57.8 Å². The average Bonchev–Trinajstić information content (AvgIpc) is 3.28. The number of nitrogens with one attached hydrogen (secondary N) is 1. The summed E-state index contributed by atoms with van der Waals surface area (Å²) < 4.78 is 0. The van der Waals surface area contributed by atoms with Gasteiger partial charge in [0.1, 0.15) is 0 Å². The lowest BCUT2D eigenvalue weighted by molar-refractivity contribution is -0.123. The molecule has 0 aliphatic heterocycles. The highest BCUT2D eigenvalue weighted by Crippen LogP contribution is 2.17. The molecule has 0 aromatic rings. The highest BCUT2D eigenvalue weighted by atomic mass is 16.3. The van der Waals surface area contributed by atoms with Gasteiger partial charge in [-0.3, -0.25) is 4.79 Å². The molecular weight excluding hydrogens is 759 g/mol. The number of carbonyl (C=O) groups is 1. The number of aliphatic hydroxyl groups is 2. The van der Waals surface area contributed by atoms with Crippen molar-refractivity contribution in [2.45, 2.75) is 309 Å². The normalized spacial score (nSPS) is 13.2. The van der Waals surface area contributed by atoms with Gasteiger partial charge in [-0.1, -0.05) is 281 Å². The van der Waals surface area contributed by atoms with Crippen LogP contribution >= 0.6 is 0 Å². The largest absolute Gasteiger partial charge is 0.394 e. The van der Waals surface area contributed by atoms with Crippen LogP contribution in [0, 0.1) is 0 Å². The van der Waals surface area contributed by atoms with Crippen LogP contribution in [0.1, 0.15) is 296 Å². The number of hydrogen-bond acceptors (Lipinski definition) is 3. The molecule has 0 spiro atoms. The fraction of sp³-hybridized carbons (Fsp3) is 0.845. The highest BCUT2D eigenvalue weighted by molar-refractivity contribution is 5.76. The summed E-state index contributed by atoms with van der Waals surface area (Å²) in [6.07, 6.45) is 74.4. The van der Waals surface area contributed by atoms with E-state index in [4.69, 9.17) is 0 Å². The molecule has 0 saturated heterocycles. The summed E-state index contributed by atoms with van der Waals surface area (Å²) in [5, 5.41) is 22.9. The van der Waals surface area contributed by atoms with Crippen molar-refractivity contribution in [3.8, 4) is 0 Å². The lowest BCUT2D eigenvalue weighted by Crippen LogP contribution is -2.45. The maximum Gasteiger partial charge on any atom is 0.220 e. The summed E-state index contributed by atoms with van der Waals surface area (Å²) in [5.41, 5.74) is 0. The molecule has 2 atom stereocenters. The molecule has 0 rings (SSSR count). The highest BCUT2D eigenvalue weighted by Gasteiger charge is 2.18. The first-order chi connectivity index (χ1) is 30.7. The first-order valence-electron chi connectivity index (χ1n) is 27.9. The molecule has 2 unspecified atom stereocenters. The van der Waals surface area contributed by atoms with E-state index in [9.17, 15) is 15.0 Å². The summed E-state index contributed by atoms with van der Waals surface area (Å²) in [7, 11) is 0. The molecule has 1 amide bonds. The van der Waals surface area contributed by atoms with Crippen molar-refractivity contribution < 1.29 is 15.0 Å². The molecule has 0 aliphatic rings. The minimum absolute atomic E-state index is 0.0626. The van der Waals surface area contributed by atoms with Crippen LogP contribution in [0.15, 0.2) is 48.6 Å². The van der Waals surface area contributed by atoms with Gasteiger partial charge in [-0.25, -0.2) is 0 Å². The van der Waals surface area contributed by atoms with Crippen LogP contribution in [0.2, 0.25) is 0 Å². The lowest BCUT2D eigenvalue weighted by Gasteiger charge is -2.20. The fourth-order valence-electron chi connectivity index (χ4n) is 8.54. The zero-order valence-electron chi connectivity index (χ0n) is 41.9. The topological polar surface area (TPSA) is 69.6 Å². The number of unbranched alkanes of at least 4 members (excludes halogenated alkanes) is 38. The second kappa shape index (κ2) is 53.7. The van der Waals surface area contributed by atoms with Gasteiger partial charge in [0.05, 0.1) is 18.8 Å². The Kier molecular flexibility index (Phi) is 52.3. The average molecular weight is 869 g/mol. The zero-order chi connectivity index (χ0) is 44.9. The third-order valence-corrected chi connectivity index (χ3v) is 12.8. The molecule has 0 radical (unpaired) electrons. The second-order valence-corrected chi connectivity index (χ2v) is 19.0. The minimum atomic E-state index is -0.835. The SMILES string of the molecule is CCCCCCC/C=C\C/C=C\C/C=C\CCCCCCCCCCCCCCCCCCCCCCCCCCCCC(=O)NC(CO)C(O)/C=C/CCCCCCCCC. The van der Waals surface area contributed by atoms with E-state index in [1.807, 2.05) is 6.08 Å². The number of rotatable bonds is 51. The second-order valence-electron chi connectivity index (χ2n) is 19.0. The summed E-state index contributed by atoms with van der Waals surface area (Å²) in [5.74, 6) is -0.0626. The molecule has 364 valence electrons. The molecule has 0 bridgehead atoms. The number of hydrogen-bond donors (Lipinski definition) is 3. The quantitative estimate of drug-likeness (QED) is 0.0421. The zero-order valence-corrected chi connectivity index (χ0v) is 41.9. The Labute approximate surface area is 388 Å². The third-order valence-electron chi connectivity index (χ3n) is 12.8. The number of allylic oxidation sites excluding steroid dienone is 7. The van der Waals surface area contributed by atoms with Crippen molar-refractivity contribution in [1.29, 1.82) is 0 Å². The van der Waals surface area contributed by atoms with Crippen molar-refractivity contribution in [3.63, 3.8) is 0 Å². The number of carbonyl (C=O) groups excluding carboxylic acids is 1. The first kappa shape index (κ1) is 60.4. The van der Waals surface area contributed by atoms with Crippen LogP contribution in [-0.4, -0.2) is 34.9 Å². The van der Waals surface area contributed by atoms with Crippen LogP contribution in [0.25, 0.3) is 0 Å². The van der Waals surface area contributed by atoms with Crippen LogP contribution in [0.5, 0.6) is 0 Å². The van der Waals surface area contributed by atoms with Crippen LogP contribution in [0.4, 0.5) is 0 Å². The van der Waals surface area contributed by atoms with Crippen molar-refractivity contribution in [2.75, 3.05) is 6.61 Å². The summed E-state index contributed by atoms with van der Waals surface area (Å²) in [4.78, 5) is 12.4. The van der Waals surface area contributed by atoms with Crippen molar-refractivity contribution in [2.24, 2.45) is 0 Å². The van der Waals surface area contributed by atoms with Gasteiger partial charge >= 0.3 is 0 Å². The van der Waals surface area contributed by atoms with Gasteiger partial charge in [-0.2, -0.15) is 0 Å². The van der Waals surface area contributed by atoms with E-state index in [0.29, 0.717) is 6.42 Å². The first-order valence-corrected chi connectivity index (χ1v) is 27.9. The van der Waals surface area contributed by atoms with E-state index in [-0.39, 0.29) is 12.5 Å². The molecule has 0 heterocycles. The Balaban J connectivity index is 3.35. The molecule has 0 fully saturated rings. The Hall–Kier alpha value is -1.65. The van der Waals surface area contributed by atoms with Gasteiger partial charge < -0.3 is 15.5 Å². The van der Waals surface area contributed by atoms with Crippen molar-refractivity contribution in [3.05, 3.63) is 48.6 Å². The van der Waals surface area contributed by atoms with E-state index in [1.165, 1.54) is 238 Å². The summed E-state index contributed by atoms with van der Waals surface area (Å²) >= 11 is 0. The summed E-state index contributed by atoms with van der Waals surface area (Å²) in [6.45, 7) is 4.28. The van der Waals surface area contributed by atoms with Crippen molar-refractivity contribution in [1.82, 2.24) is 5.32 Å². The molecule has 0 saturated carbocycles. The van der Waals surface area contributed by atoms with Crippen molar-refractivity contribution >= 4 is 5.91 Å².